The molecule has 0 saturated heterocycles. The van der Waals surface area contributed by atoms with E-state index < -0.39 is 17.0 Å². The topological polar surface area (TPSA) is 74.4 Å². The standard InChI is InChI=1S/C18H20N2O4/c1-11-9-17(12(2)19(11)15-7-8-15)18(21)24-13(3)14-5-4-6-16(10-14)20(22)23/h4-6,9-10,13,15H,7-8H2,1-3H3/t13-/m0/s1. The first-order valence-corrected chi connectivity index (χ1v) is 8.02. The van der Waals surface area contributed by atoms with Crippen LogP contribution in [0.4, 0.5) is 5.69 Å². The minimum absolute atomic E-state index is 0.0117. The molecule has 6 heteroatoms. The van der Waals surface area contributed by atoms with Crippen LogP contribution in [0.25, 0.3) is 0 Å². The van der Waals surface area contributed by atoms with E-state index in [1.807, 2.05) is 19.9 Å². The van der Waals surface area contributed by atoms with E-state index in [2.05, 4.69) is 4.57 Å². The van der Waals surface area contributed by atoms with E-state index in [9.17, 15) is 14.9 Å². The fourth-order valence-corrected chi connectivity index (χ4v) is 3.06. The van der Waals surface area contributed by atoms with Crippen LogP contribution in [0.2, 0.25) is 0 Å². The van der Waals surface area contributed by atoms with Gasteiger partial charge >= 0.3 is 5.97 Å². The van der Waals surface area contributed by atoms with Crippen molar-refractivity contribution in [3.8, 4) is 0 Å². The van der Waals surface area contributed by atoms with Crippen LogP contribution in [0.15, 0.2) is 30.3 Å². The highest BCUT2D eigenvalue weighted by molar-refractivity contribution is 5.91. The summed E-state index contributed by atoms with van der Waals surface area (Å²) in [6.45, 7) is 5.64. The van der Waals surface area contributed by atoms with E-state index in [1.165, 1.54) is 12.1 Å². The molecule has 0 unspecified atom stereocenters. The van der Waals surface area contributed by atoms with Crippen LogP contribution in [0, 0.1) is 24.0 Å². The average Bonchev–Trinajstić information content (AvgIpc) is 3.32. The molecule has 0 N–H and O–H groups in total. The van der Waals surface area contributed by atoms with Gasteiger partial charge in [-0.1, -0.05) is 12.1 Å². The second-order valence-corrected chi connectivity index (χ2v) is 6.29. The van der Waals surface area contributed by atoms with Crippen molar-refractivity contribution in [2.75, 3.05) is 0 Å². The summed E-state index contributed by atoms with van der Waals surface area (Å²) in [6.07, 6.45) is 1.74. The molecule has 24 heavy (non-hydrogen) atoms. The maximum absolute atomic E-state index is 12.5. The molecule has 0 radical (unpaired) electrons. The molecule has 1 fully saturated rings. The molecule has 1 atom stereocenters. The minimum Gasteiger partial charge on any atom is -0.454 e. The normalized spacial score (nSPS) is 15.1. The lowest BCUT2D eigenvalue weighted by Gasteiger charge is -2.14. The summed E-state index contributed by atoms with van der Waals surface area (Å²) in [5.41, 5.74) is 3.14. The Kier molecular flexibility index (Phi) is 4.13. The van der Waals surface area contributed by atoms with E-state index in [0.717, 1.165) is 24.2 Å². The first-order valence-electron chi connectivity index (χ1n) is 8.02. The molecule has 1 saturated carbocycles. The van der Waals surface area contributed by atoms with Gasteiger partial charge in [-0.3, -0.25) is 10.1 Å². The lowest BCUT2D eigenvalue weighted by atomic mass is 10.1. The highest BCUT2D eigenvalue weighted by atomic mass is 16.6. The summed E-state index contributed by atoms with van der Waals surface area (Å²) in [5.74, 6) is -0.394. The third-order valence-corrected chi connectivity index (χ3v) is 4.45. The third-order valence-electron chi connectivity index (χ3n) is 4.45. The van der Waals surface area contributed by atoms with Gasteiger partial charge in [0.2, 0.25) is 0 Å². The lowest BCUT2D eigenvalue weighted by molar-refractivity contribution is -0.385. The van der Waals surface area contributed by atoms with Gasteiger partial charge in [0.05, 0.1) is 10.5 Å². The predicted molar refractivity (Wildman–Crippen MR) is 89.1 cm³/mol. The second kappa shape index (κ2) is 6.11. The number of nitrogens with zero attached hydrogens (tertiary/aromatic N) is 2. The zero-order chi connectivity index (χ0) is 17.4. The van der Waals surface area contributed by atoms with E-state index in [1.54, 1.807) is 19.1 Å². The zero-order valence-electron chi connectivity index (χ0n) is 14.0. The molecule has 1 aromatic heterocycles. The molecule has 3 rings (SSSR count). The molecule has 1 heterocycles. The van der Waals surface area contributed by atoms with E-state index in [0.29, 0.717) is 17.2 Å². The number of hydrogen-bond acceptors (Lipinski definition) is 4. The number of aryl methyl sites for hydroxylation is 1. The molecular weight excluding hydrogens is 308 g/mol. The fraction of sp³-hybridized carbons (Fsp3) is 0.389. The first kappa shape index (κ1) is 16.2. The van der Waals surface area contributed by atoms with Gasteiger partial charge in [0.15, 0.2) is 0 Å². The van der Waals surface area contributed by atoms with E-state index in [4.69, 9.17) is 4.74 Å². The number of esters is 1. The summed E-state index contributed by atoms with van der Waals surface area (Å²) < 4.78 is 7.72. The first-order chi connectivity index (χ1) is 11.4. The van der Waals surface area contributed by atoms with Crippen LogP contribution in [0.5, 0.6) is 0 Å². The number of aromatic nitrogens is 1. The fourth-order valence-electron chi connectivity index (χ4n) is 3.06. The van der Waals surface area contributed by atoms with Gasteiger partial charge < -0.3 is 9.30 Å². The highest BCUT2D eigenvalue weighted by Gasteiger charge is 2.29. The number of nitro benzene ring substituents is 1. The van der Waals surface area contributed by atoms with Crippen molar-refractivity contribution >= 4 is 11.7 Å². The molecule has 1 aliphatic rings. The molecule has 2 aromatic rings. The Hall–Kier alpha value is -2.63. The number of ether oxygens (including phenoxy) is 1. The van der Waals surface area contributed by atoms with Gasteiger partial charge in [-0.05, 0) is 45.2 Å². The van der Waals surface area contributed by atoms with Gasteiger partial charge in [0, 0.05) is 29.6 Å². The SMILES string of the molecule is Cc1cc(C(=O)O[C@@H](C)c2cccc([N+](=O)[O-])c2)c(C)n1C1CC1. The van der Waals surface area contributed by atoms with Crippen molar-refractivity contribution in [1.82, 2.24) is 4.57 Å². The third kappa shape index (κ3) is 3.04. The van der Waals surface area contributed by atoms with Crippen molar-refractivity contribution in [3.63, 3.8) is 0 Å². The minimum atomic E-state index is -0.554. The number of nitro groups is 1. The lowest BCUT2D eigenvalue weighted by Crippen LogP contribution is -2.11. The molecular formula is C18H20N2O4. The number of rotatable bonds is 5. The zero-order valence-corrected chi connectivity index (χ0v) is 14.0. The Morgan fingerprint density at radius 2 is 2.04 bits per heavy atom. The average molecular weight is 328 g/mol. The van der Waals surface area contributed by atoms with E-state index in [-0.39, 0.29) is 5.69 Å². The number of non-ortho nitro benzene ring substituents is 1. The van der Waals surface area contributed by atoms with E-state index >= 15 is 0 Å². The molecule has 0 amide bonds. The quantitative estimate of drug-likeness (QED) is 0.467. The number of benzene rings is 1. The summed E-state index contributed by atoms with van der Waals surface area (Å²) in [5, 5.41) is 10.9. The van der Waals surface area contributed by atoms with Crippen LogP contribution < -0.4 is 0 Å². The second-order valence-electron chi connectivity index (χ2n) is 6.29. The predicted octanol–water partition coefficient (Wildman–Crippen LogP) is 4.27. The van der Waals surface area contributed by atoms with Crippen LogP contribution in [-0.4, -0.2) is 15.5 Å². The van der Waals surface area contributed by atoms with Crippen LogP contribution >= 0.6 is 0 Å². The number of carbonyl (C=O) groups excluding carboxylic acids is 1. The van der Waals surface area contributed by atoms with Gasteiger partial charge in [-0.15, -0.1) is 0 Å². The van der Waals surface area contributed by atoms with Crippen LogP contribution in [0.1, 0.15) is 59.2 Å². The van der Waals surface area contributed by atoms with Crippen molar-refractivity contribution < 1.29 is 14.5 Å². The smallest absolute Gasteiger partial charge is 0.340 e. The monoisotopic (exact) mass is 328 g/mol. The summed E-state index contributed by atoms with van der Waals surface area (Å²) in [4.78, 5) is 22.9. The Morgan fingerprint density at radius 1 is 1.33 bits per heavy atom. The molecule has 1 aromatic carbocycles. The van der Waals surface area contributed by atoms with Gasteiger partial charge in [-0.2, -0.15) is 0 Å². The number of carbonyl (C=O) groups is 1. The Labute approximate surface area is 140 Å². The molecule has 1 aliphatic carbocycles. The van der Waals surface area contributed by atoms with Crippen molar-refractivity contribution in [1.29, 1.82) is 0 Å². The molecule has 0 bridgehead atoms. The largest absolute Gasteiger partial charge is 0.454 e. The molecule has 0 spiro atoms. The summed E-state index contributed by atoms with van der Waals surface area (Å²) >= 11 is 0. The maximum Gasteiger partial charge on any atom is 0.340 e. The van der Waals surface area contributed by atoms with Crippen LogP contribution in [0.3, 0.4) is 0 Å². The summed E-state index contributed by atoms with van der Waals surface area (Å²) in [6, 6.07) is 8.53. The van der Waals surface area contributed by atoms with Crippen molar-refractivity contribution in [2.45, 2.75) is 45.8 Å². The summed E-state index contributed by atoms with van der Waals surface area (Å²) in [7, 11) is 0. The van der Waals surface area contributed by atoms with Gasteiger partial charge in [0.25, 0.3) is 5.69 Å². The maximum atomic E-state index is 12.5. The Morgan fingerprint density at radius 3 is 2.67 bits per heavy atom. The van der Waals surface area contributed by atoms with Crippen molar-refractivity contribution in [3.05, 3.63) is 63.0 Å². The van der Waals surface area contributed by atoms with Crippen LogP contribution in [-0.2, 0) is 4.74 Å². The van der Waals surface area contributed by atoms with Gasteiger partial charge in [0.1, 0.15) is 6.10 Å². The highest BCUT2D eigenvalue weighted by Crippen LogP contribution is 2.38. The Bertz CT molecular complexity index is 805. The molecule has 6 nitrogen and oxygen atoms in total. The van der Waals surface area contributed by atoms with Crippen molar-refractivity contribution in [2.24, 2.45) is 0 Å². The number of hydrogen-bond donors (Lipinski definition) is 0. The molecule has 126 valence electrons. The van der Waals surface area contributed by atoms with Gasteiger partial charge in [-0.25, -0.2) is 4.79 Å². The molecule has 0 aliphatic heterocycles. The Balaban J connectivity index is 1.78.